The first-order valence-corrected chi connectivity index (χ1v) is 7.66. The van der Waals surface area contributed by atoms with Gasteiger partial charge in [-0.2, -0.15) is 0 Å². The quantitative estimate of drug-likeness (QED) is 0.892. The van der Waals surface area contributed by atoms with E-state index in [2.05, 4.69) is 24.0 Å². The summed E-state index contributed by atoms with van der Waals surface area (Å²) in [6, 6.07) is 6.33. The van der Waals surface area contributed by atoms with Crippen LogP contribution >= 0.6 is 0 Å². The summed E-state index contributed by atoms with van der Waals surface area (Å²) < 4.78 is 5.66. The van der Waals surface area contributed by atoms with Crippen LogP contribution in [0.15, 0.2) is 18.2 Å². The Hall–Kier alpha value is -1.48. The molecule has 1 aromatic heterocycles. The summed E-state index contributed by atoms with van der Waals surface area (Å²) in [7, 11) is 0. The summed E-state index contributed by atoms with van der Waals surface area (Å²) in [5, 5.41) is 1.29. The lowest BCUT2D eigenvalue weighted by Gasteiger charge is -2.28. The number of aromatic amines is 1. The lowest BCUT2D eigenvalue weighted by Crippen LogP contribution is -2.32. The Kier molecular flexibility index (Phi) is 3.47. The Bertz CT molecular complexity index is 609. The van der Waals surface area contributed by atoms with Crippen LogP contribution in [0, 0.1) is 6.92 Å². The van der Waals surface area contributed by atoms with Crippen LogP contribution in [-0.4, -0.2) is 18.1 Å². The number of aromatic nitrogens is 1. The summed E-state index contributed by atoms with van der Waals surface area (Å²) in [6.45, 7) is 5.63. The molecule has 0 saturated heterocycles. The number of aryl methyl sites for hydroxylation is 1. The Balaban J connectivity index is 2.17. The molecule has 2 aromatic rings. The van der Waals surface area contributed by atoms with Gasteiger partial charge in [0.2, 0.25) is 0 Å². The van der Waals surface area contributed by atoms with Crippen molar-refractivity contribution in [2.24, 2.45) is 5.73 Å². The molecule has 1 aromatic carbocycles. The molecule has 3 heteroatoms. The summed E-state index contributed by atoms with van der Waals surface area (Å²) in [4.78, 5) is 3.52. The first kappa shape index (κ1) is 13.5. The van der Waals surface area contributed by atoms with Crippen molar-refractivity contribution in [1.82, 2.24) is 4.98 Å². The highest BCUT2D eigenvalue weighted by Gasteiger charge is 2.37. The maximum Gasteiger partial charge on any atom is 0.120 e. The minimum absolute atomic E-state index is 0.160. The molecule has 0 unspecified atom stereocenters. The molecule has 3 rings (SSSR count). The molecule has 0 amide bonds. The predicted molar refractivity (Wildman–Crippen MR) is 83.4 cm³/mol. The molecule has 0 spiro atoms. The molecule has 0 bridgehead atoms. The van der Waals surface area contributed by atoms with E-state index in [9.17, 15) is 0 Å². The van der Waals surface area contributed by atoms with E-state index in [4.69, 9.17) is 10.5 Å². The fourth-order valence-corrected chi connectivity index (χ4v) is 3.85. The van der Waals surface area contributed by atoms with Gasteiger partial charge in [-0.15, -0.1) is 0 Å². The molecule has 3 N–H and O–H groups in total. The summed E-state index contributed by atoms with van der Waals surface area (Å²) in [5.41, 5.74) is 10.2. The van der Waals surface area contributed by atoms with Crippen molar-refractivity contribution < 1.29 is 4.74 Å². The van der Waals surface area contributed by atoms with Gasteiger partial charge in [-0.3, -0.25) is 0 Å². The van der Waals surface area contributed by atoms with Crippen LogP contribution in [0.5, 0.6) is 5.75 Å². The van der Waals surface area contributed by atoms with Gasteiger partial charge in [0, 0.05) is 28.6 Å². The molecule has 3 nitrogen and oxygen atoms in total. The molecule has 1 aliphatic rings. The number of hydrogen-bond acceptors (Lipinski definition) is 2. The monoisotopic (exact) mass is 272 g/mol. The molecule has 1 heterocycles. The maximum atomic E-state index is 6.17. The highest BCUT2D eigenvalue weighted by atomic mass is 16.5. The standard InChI is InChI=1S/C17H24N2O/c1-3-20-13-6-7-15-14(10-13)16(12(2)19-15)17(11-18)8-4-5-9-17/h6-7,10,19H,3-5,8-9,11,18H2,1-2H3. The van der Waals surface area contributed by atoms with Gasteiger partial charge in [-0.25, -0.2) is 0 Å². The van der Waals surface area contributed by atoms with Crippen LogP contribution in [0.4, 0.5) is 0 Å². The minimum atomic E-state index is 0.160. The first-order valence-electron chi connectivity index (χ1n) is 7.66. The number of rotatable bonds is 4. The highest BCUT2D eigenvalue weighted by Crippen LogP contribution is 2.45. The largest absolute Gasteiger partial charge is 0.494 e. The van der Waals surface area contributed by atoms with E-state index in [1.165, 1.54) is 47.8 Å². The van der Waals surface area contributed by atoms with Gasteiger partial charge < -0.3 is 15.5 Å². The van der Waals surface area contributed by atoms with Crippen LogP contribution in [0.3, 0.4) is 0 Å². The number of nitrogens with two attached hydrogens (primary N) is 1. The van der Waals surface area contributed by atoms with E-state index >= 15 is 0 Å². The molecule has 0 aliphatic heterocycles. The van der Waals surface area contributed by atoms with Gasteiger partial charge in [0.05, 0.1) is 6.61 Å². The molecular formula is C17H24N2O. The summed E-state index contributed by atoms with van der Waals surface area (Å²) in [6.07, 6.45) is 4.98. The average Bonchev–Trinajstić information content (AvgIpc) is 3.03. The second kappa shape index (κ2) is 5.13. The smallest absolute Gasteiger partial charge is 0.120 e. The highest BCUT2D eigenvalue weighted by molar-refractivity contribution is 5.87. The SMILES string of the molecule is CCOc1ccc2[nH]c(C)c(C3(CN)CCCC3)c2c1. The van der Waals surface area contributed by atoms with Crippen molar-refractivity contribution in [3.63, 3.8) is 0 Å². The van der Waals surface area contributed by atoms with Crippen LogP contribution in [-0.2, 0) is 5.41 Å². The van der Waals surface area contributed by atoms with Gasteiger partial charge in [0.15, 0.2) is 0 Å². The second-order valence-electron chi connectivity index (χ2n) is 5.96. The van der Waals surface area contributed by atoms with Gasteiger partial charge in [0.1, 0.15) is 5.75 Å². The lowest BCUT2D eigenvalue weighted by molar-refractivity contribution is 0.340. The molecule has 0 atom stereocenters. The zero-order chi connectivity index (χ0) is 14.2. The van der Waals surface area contributed by atoms with E-state index in [1.807, 2.05) is 13.0 Å². The van der Waals surface area contributed by atoms with Crippen molar-refractivity contribution in [2.45, 2.75) is 44.9 Å². The minimum Gasteiger partial charge on any atom is -0.494 e. The molecule has 108 valence electrons. The molecule has 1 aliphatic carbocycles. The molecule has 20 heavy (non-hydrogen) atoms. The summed E-state index contributed by atoms with van der Waals surface area (Å²) in [5.74, 6) is 0.949. The Morgan fingerprint density at radius 3 is 2.70 bits per heavy atom. The zero-order valence-corrected chi connectivity index (χ0v) is 12.5. The predicted octanol–water partition coefficient (Wildman–Crippen LogP) is 3.65. The third-order valence-corrected chi connectivity index (χ3v) is 4.75. The zero-order valence-electron chi connectivity index (χ0n) is 12.5. The summed E-state index contributed by atoms with van der Waals surface area (Å²) >= 11 is 0. The van der Waals surface area contributed by atoms with Crippen LogP contribution in [0.25, 0.3) is 10.9 Å². The normalized spacial score (nSPS) is 17.8. The van der Waals surface area contributed by atoms with Gasteiger partial charge in [-0.05, 0) is 50.5 Å². The van der Waals surface area contributed by atoms with E-state index < -0.39 is 0 Å². The first-order chi connectivity index (χ1) is 9.70. The Morgan fingerprint density at radius 2 is 2.05 bits per heavy atom. The Morgan fingerprint density at radius 1 is 1.30 bits per heavy atom. The number of nitrogens with one attached hydrogen (secondary N) is 1. The van der Waals surface area contributed by atoms with E-state index in [0.717, 1.165) is 12.3 Å². The van der Waals surface area contributed by atoms with Crippen molar-refractivity contribution in [1.29, 1.82) is 0 Å². The number of ether oxygens (including phenoxy) is 1. The lowest BCUT2D eigenvalue weighted by atomic mass is 9.77. The fourth-order valence-electron chi connectivity index (χ4n) is 3.85. The van der Waals surface area contributed by atoms with Gasteiger partial charge in [-0.1, -0.05) is 12.8 Å². The van der Waals surface area contributed by atoms with Crippen LogP contribution in [0.2, 0.25) is 0 Å². The third kappa shape index (κ3) is 2.01. The van der Waals surface area contributed by atoms with Crippen molar-refractivity contribution in [2.75, 3.05) is 13.2 Å². The second-order valence-corrected chi connectivity index (χ2v) is 5.96. The van der Waals surface area contributed by atoms with Crippen molar-refractivity contribution in [3.8, 4) is 5.75 Å². The van der Waals surface area contributed by atoms with Crippen LogP contribution < -0.4 is 10.5 Å². The van der Waals surface area contributed by atoms with Gasteiger partial charge >= 0.3 is 0 Å². The molecule has 1 saturated carbocycles. The molecular weight excluding hydrogens is 248 g/mol. The third-order valence-electron chi connectivity index (χ3n) is 4.75. The van der Waals surface area contributed by atoms with Crippen molar-refractivity contribution in [3.05, 3.63) is 29.5 Å². The fraction of sp³-hybridized carbons (Fsp3) is 0.529. The average molecular weight is 272 g/mol. The van der Waals surface area contributed by atoms with E-state index in [1.54, 1.807) is 0 Å². The van der Waals surface area contributed by atoms with Crippen molar-refractivity contribution >= 4 is 10.9 Å². The van der Waals surface area contributed by atoms with Gasteiger partial charge in [0.25, 0.3) is 0 Å². The number of H-pyrrole nitrogens is 1. The Labute approximate surface area is 120 Å². The van der Waals surface area contributed by atoms with Crippen LogP contribution in [0.1, 0.15) is 43.9 Å². The number of benzene rings is 1. The topological polar surface area (TPSA) is 51.0 Å². The molecule has 0 radical (unpaired) electrons. The number of fused-ring (bicyclic) bond motifs is 1. The molecule has 1 fully saturated rings. The maximum absolute atomic E-state index is 6.17. The number of hydrogen-bond donors (Lipinski definition) is 2. The van der Waals surface area contributed by atoms with E-state index in [0.29, 0.717) is 6.61 Å². The van der Waals surface area contributed by atoms with E-state index in [-0.39, 0.29) is 5.41 Å².